The minimum absolute atomic E-state index is 0.0754. The van der Waals surface area contributed by atoms with Crippen molar-refractivity contribution in [1.29, 1.82) is 0 Å². The van der Waals surface area contributed by atoms with Crippen LogP contribution in [0, 0.1) is 0 Å². The maximum absolute atomic E-state index is 6.06. The zero-order chi connectivity index (χ0) is 11.4. The second-order valence-electron chi connectivity index (χ2n) is 3.65. The van der Waals surface area contributed by atoms with Gasteiger partial charge in [0.15, 0.2) is 0 Å². The van der Waals surface area contributed by atoms with Crippen LogP contribution < -0.4 is 11.5 Å². The average Bonchev–Trinajstić information content (AvgIpc) is 2.78. The molecule has 0 spiro atoms. The first-order chi connectivity index (χ1) is 7.79. The monoisotopic (exact) mass is 217 g/mol. The van der Waals surface area contributed by atoms with E-state index in [1.807, 2.05) is 36.5 Å². The molecule has 1 heterocycles. The summed E-state index contributed by atoms with van der Waals surface area (Å²) in [6.45, 7) is 1.01. The molecule has 1 atom stereocenters. The van der Waals surface area contributed by atoms with E-state index in [9.17, 15) is 0 Å². The largest absolute Gasteiger partial charge is 0.325 e. The minimum Gasteiger partial charge on any atom is -0.325 e. The summed E-state index contributed by atoms with van der Waals surface area (Å²) < 4.78 is 1.72. The smallest absolute Gasteiger partial charge is 0.0962 e. The van der Waals surface area contributed by atoms with Crippen molar-refractivity contribution >= 4 is 0 Å². The number of rotatable bonds is 4. The number of aromatic nitrogens is 3. The van der Waals surface area contributed by atoms with Gasteiger partial charge in [0.2, 0.25) is 0 Å². The molecule has 2 rings (SSSR count). The highest BCUT2D eigenvalue weighted by Crippen LogP contribution is 2.11. The fourth-order valence-corrected chi connectivity index (χ4v) is 1.53. The van der Waals surface area contributed by atoms with E-state index in [2.05, 4.69) is 10.3 Å². The highest BCUT2D eigenvalue weighted by Gasteiger charge is 2.07. The molecule has 1 aromatic heterocycles. The molecule has 0 aliphatic heterocycles. The third-order valence-corrected chi connectivity index (χ3v) is 2.41. The van der Waals surface area contributed by atoms with Gasteiger partial charge in [-0.1, -0.05) is 35.5 Å². The van der Waals surface area contributed by atoms with Crippen LogP contribution in [0.1, 0.15) is 17.3 Å². The maximum Gasteiger partial charge on any atom is 0.0962 e. The van der Waals surface area contributed by atoms with Gasteiger partial charge in [0, 0.05) is 18.8 Å². The van der Waals surface area contributed by atoms with E-state index in [4.69, 9.17) is 11.5 Å². The molecule has 16 heavy (non-hydrogen) atoms. The molecular formula is C11H15N5. The molecule has 0 unspecified atom stereocenters. The van der Waals surface area contributed by atoms with Gasteiger partial charge < -0.3 is 11.5 Å². The van der Waals surface area contributed by atoms with Gasteiger partial charge in [0.25, 0.3) is 0 Å². The Morgan fingerprint density at radius 3 is 2.62 bits per heavy atom. The van der Waals surface area contributed by atoms with Crippen LogP contribution in [0.3, 0.4) is 0 Å². The number of benzene rings is 1. The predicted molar refractivity (Wildman–Crippen MR) is 61.3 cm³/mol. The van der Waals surface area contributed by atoms with Gasteiger partial charge in [-0.2, -0.15) is 0 Å². The molecule has 0 saturated heterocycles. The van der Waals surface area contributed by atoms with Crippen molar-refractivity contribution < 1.29 is 0 Å². The standard InChI is InChI=1S/C11H15N5/c12-6-10-7-16(15-14-10)8-11(13)9-4-2-1-3-5-9/h1-5,7,11H,6,8,12-13H2/t11-/m1/s1. The normalized spacial score (nSPS) is 12.6. The van der Waals surface area contributed by atoms with Crippen LogP contribution >= 0.6 is 0 Å². The Labute approximate surface area is 94.1 Å². The Hall–Kier alpha value is -1.72. The first-order valence-corrected chi connectivity index (χ1v) is 5.19. The quantitative estimate of drug-likeness (QED) is 0.778. The topological polar surface area (TPSA) is 82.8 Å². The Morgan fingerprint density at radius 1 is 1.25 bits per heavy atom. The number of hydrogen-bond acceptors (Lipinski definition) is 4. The van der Waals surface area contributed by atoms with Crippen molar-refractivity contribution in [3.05, 3.63) is 47.8 Å². The Balaban J connectivity index is 2.05. The zero-order valence-electron chi connectivity index (χ0n) is 8.95. The lowest BCUT2D eigenvalue weighted by molar-refractivity contribution is 0.513. The molecule has 0 radical (unpaired) electrons. The van der Waals surface area contributed by atoms with Gasteiger partial charge in [0.05, 0.1) is 12.2 Å². The highest BCUT2D eigenvalue weighted by molar-refractivity contribution is 5.18. The van der Waals surface area contributed by atoms with Gasteiger partial charge in [-0.3, -0.25) is 4.68 Å². The lowest BCUT2D eigenvalue weighted by atomic mass is 10.1. The summed E-state index contributed by atoms with van der Waals surface area (Å²) in [5.74, 6) is 0. The van der Waals surface area contributed by atoms with Crippen LogP contribution in [0.4, 0.5) is 0 Å². The van der Waals surface area contributed by atoms with Gasteiger partial charge in [0.1, 0.15) is 0 Å². The van der Waals surface area contributed by atoms with Crippen molar-refractivity contribution in [2.45, 2.75) is 19.1 Å². The average molecular weight is 217 g/mol. The maximum atomic E-state index is 6.06. The van der Waals surface area contributed by atoms with E-state index in [-0.39, 0.29) is 6.04 Å². The van der Waals surface area contributed by atoms with Gasteiger partial charge in [-0.25, -0.2) is 0 Å². The van der Waals surface area contributed by atoms with Gasteiger partial charge in [-0.05, 0) is 5.56 Å². The van der Waals surface area contributed by atoms with E-state index in [0.717, 1.165) is 11.3 Å². The lowest BCUT2D eigenvalue weighted by Crippen LogP contribution is -2.17. The summed E-state index contributed by atoms with van der Waals surface area (Å²) in [7, 11) is 0. The van der Waals surface area contributed by atoms with Crippen LogP contribution in [-0.2, 0) is 13.1 Å². The second-order valence-corrected chi connectivity index (χ2v) is 3.65. The predicted octanol–water partition coefficient (Wildman–Crippen LogP) is 0.437. The Kier molecular flexibility index (Phi) is 3.28. The zero-order valence-corrected chi connectivity index (χ0v) is 8.95. The fraction of sp³-hybridized carbons (Fsp3) is 0.273. The van der Waals surface area contributed by atoms with E-state index in [1.165, 1.54) is 0 Å². The molecule has 2 aromatic rings. The van der Waals surface area contributed by atoms with Crippen molar-refractivity contribution in [3.8, 4) is 0 Å². The summed E-state index contributed by atoms with van der Waals surface area (Å²) in [6.07, 6.45) is 1.82. The first kappa shape index (κ1) is 10.8. The summed E-state index contributed by atoms with van der Waals surface area (Å²) in [5, 5.41) is 7.87. The molecule has 1 aromatic carbocycles. The molecule has 0 aliphatic carbocycles. The van der Waals surface area contributed by atoms with E-state index < -0.39 is 0 Å². The molecule has 0 bridgehead atoms. The molecule has 0 fully saturated rings. The minimum atomic E-state index is -0.0754. The van der Waals surface area contributed by atoms with Crippen molar-refractivity contribution in [1.82, 2.24) is 15.0 Å². The molecule has 4 N–H and O–H groups in total. The van der Waals surface area contributed by atoms with Crippen LogP contribution in [0.2, 0.25) is 0 Å². The second kappa shape index (κ2) is 4.87. The molecular weight excluding hydrogens is 202 g/mol. The molecule has 0 saturated carbocycles. The lowest BCUT2D eigenvalue weighted by Gasteiger charge is -2.10. The Bertz CT molecular complexity index is 437. The van der Waals surface area contributed by atoms with Gasteiger partial charge in [-0.15, -0.1) is 5.10 Å². The molecule has 0 aliphatic rings. The number of nitrogens with zero attached hydrogens (tertiary/aromatic N) is 3. The van der Waals surface area contributed by atoms with Crippen LogP contribution in [0.5, 0.6) is 0 Å². The SMILES string of the molecule is NCc1cn(C[C@@H](N)c2ccccc2)nn1. The van der Waals surface area contributed by atoms with E-state index in [0.29, 0.717) is 13.1 Å². The summed E-state index contributed by atoms with van der Waals surface area (Å²) in [4.78, 5) is 0. The van der Waals surface area contributed by atoms with Gasteiger partial charge >= 0.3 is 0 Å². The van der Waals surface area contributed by atoms with E-state index in [1.54, 1.807) is 4.68 Å². The molecule has 84 valence electrons. The Morgan fingerprint density at radius 2 is 2.00 bits per heavy atom. The summed E-state index contributed by atoms with van der Waals surface area (Å²) in [6, 6.07) is 9.85. The van der Waals surface area contributed by atoms with Crippen LogP contribution in [-0.4, -0.2) is 15.0 Å². The summed E-state index contributed by atoms with van der Waals surface area (Å²) >= 11 is 0. The third kappa shape index (κ3) is 2.44. The van der Waals surface area contributed by atoms with Crippen LogP contribution in [0.25, 0.3) is 0 Å². The molecule has 0 amide bonds. The summed E-state index contributed by atoms with van der Waals surface area (Å²) in [5.41, 5.74) is 13.4. The third-order valence-electron chi connectivity index (χ3n) is 2.41. The number of nitrogens with two attached hydrogens (primary N) is 2. The first-order valence-electron chi connectivity index (χ1n) is 5.19. The molecule has 5 nitrogen and oxygen atoms in total. The number of hydrogen-bond donors (Lipinski definition) is 2. The molecule has 5 heteroatoms. The fourth-order valence-electron chi connectivity index (χ4n) is 1.53. The highest BCUT2D eigenvalue weighted by atomic mass is 15.4. The van der Waals surface area contributed by atoms with Crippen LogP contribution in [0.15, 0.2) is 36.5 Å². The van der Waals surface area contributed by atoms with E-state index >= 15 is 0 Å². The van der Waals surface area contributed by atoms with Crippen molar-refractivity contribution in [3.63, 3.8) is 0 Å². The van der Waals surface area contributed by atoms with Crippen molar-refractivity contribution in [2.75, 3.05) is 0 Å². The van der Waals surface area contributed by atoms with Crippen molar-refractivity contribution in [2.24, 2.45) is 11.5 Å².